The highest BCUT2D eigenvalue weighted by Gasteiger charge is 2.50. The van der Waals surface area contributed by atoms with Crippen LogP contribution in [-0.4, -0.2) is 26.6 Å². The number of benzene rings is 1. The molecule has 4 rings (SSSR count). The van der Waals surface area contributed by atoms with Gasteiger partial charge in [-0.3, -0.25) is 9.69 Å². The van der Waals surface area contributed by atoms with E-state index in [0.29, 0.717) is 5.76 Å². The number of nitrogens with zero attached hydrogens (tertiary/aromatic N) is 3. The van der Waals surface area contributed by atoms with Crippen LogP contribution in [0.4, 0.5) is 4.79 Å². The van der Waals surface area contributed by atoms with Gasteiger partial charge in [0.1, 0.15) is 5.76 Å². The molecule has 1 saturated heterocycles. The molecule has 126 valence electrons. The largest absolute Gasteiger partial charge is 0.466 e. The van der Waals surface area contributed by atoms with Gasteiger partial charge in [0.25, 0.3) is 5.91 Å². The molecule has 0 unspecified atom stereocenters. The maximum absolute atomic E-state index is 12.8. The van der Waals surface area contributed by atoms with E-state index in [9.17, 15) is 9.59 Å². The van der Waals surface area contributed by atoms with Crippen LogP contribution in [-0.2, 0) is 16.9 Å². The molecule has 1 N–H and O–H groups in total. The Labute approximate surface area is 143 Å². The molecule has 0 saturated carbocycles. The van der Waals surface area contributed by atoms with Crippen LogP contribution < -0.4 is 5.32 Å². The summed E-state index contributed by atoms with van der Waals surface area (Å²) in [6, 6.07) is 12.3. The molecule has 2 aromatic heterocycles. The SMILES string of the molecule is C[C@@]1(c2ccco2)NC(=O)N(Cc2ccc(-n3cccn3)cc2)C1=O. The van der Waals surface area contributed by atoms with E-state index < -0.39 is 11.6 Å². The second kappa shape index (κ2) is 5.62. The van der Waals surface area contributed by atoms with Gasteiger partial charge < -0.3 is 9.73 Å². The molecular formula is C18H16N4O3. The average Bonchev–Trinajstić information content (AvgIpc) is 3.35. The van der Waals surface area contributed by atoms with Gasteiger partial charge in [-0.1, -0.05) is 12.1 Å². The Balaban J connectivity index is 1.55. The van der Waals surface area contributed by atoms with Gasteiger partial charge in [-0.05, 0) is 42.8 Å². The van der Waals surface area contributed by atoms with Crippen LogP contribution in [0.25, 0.3) is 5.69 Å². The van der Waals surface area contributed by atoms with E-state index >= 15 is 0 Å². The standard InChI is InChI=1S/C18H16N4O3/c1-18(15-4-2-11-25-15)16(23)21(17(24)20-18)12-13-5-7-14(8-6-13)22-10-3-9-19-22/h2-11H,12H2,1H3,(H,20,24)/t18-/m0/s1. The minimum atomic E-state index is -1.17. The van der Waals surface area contributed by atoms with Crippen molar-refractivity contribution in [2.45, 2.75) is 19.0 Å². The quantitative estimate of drug-likeness (QED) is 0.742. The molecule has 25 heavy (non-hydrogen) atoms. The number of aromatic nitrogens is 2. The first kappa shape index (κ1) is 15.2. The van der Waals surface area contributed by atoms with Gasteiger partial charge in [0.2, 0.25) is 0 Å². The molecule has 0 bridgehead atoms. The summed E-state index contributed by atoms with van der Waals surface area (Å²) in [5, 5.41) is 6.88. The summed E-state index contributed by atoms with van der Waals surface area (Å²) in [7, 11) is 0. The fraction of sp³-hybridized carbons (Fsp3) is 0.167. The molecule has 3 aromatic rings. The zero-order chi connectivity index (χ0) is 17.4. The van der Waals surface area contributed by atoms with Gasteiger partial charge in [0.15, 0.2) is 5.54 Å². The number of nitrogens with one attached hydrogen (secondary N) is 1. The van der Waals surface area contributed by atoms with Crippen molar-refractivity contribution in [3.63, 3.8) is 0 Å². The number of amides is 3. The summed E-state index contributed by atoms with van der Waals surface area (Å²) in [5.74, 6) is 0.0889. The van der Waals surface area contributed by atoms with Crippen LogP contribution in [0, 0.1) is 0 Å². The summed E-state index contributed by atoms with van der Waals surface area (Å²) in [4.78, 5) is 26.3. The lowest BCUT2D eigenvalue weighted by atomic mass is 9.99. The molecule has 1 aromatic carbocycles. The van der Waals surface area contributed by atoms with Crippen molar-refractivity contribution in [2.24, 2.45) is 0 Å². The number of furan rings is 1. The van der Waals surface area contributed by atoms with Crippen LogP contribution in [0.1, 0.15) is 18.2 Å². The van der Waals surface area contributed by atoms with Gasteiger partial charge in [-0.2, -0.15) is 5.10 Å². The molecule has 1 fully saturated rings. The molecule has 1 aliphatic heterocycles. The topological polar surface area (TPSA) is 80.4 Å². The Morgan fingerprint density at radius 1 is 1.16 bits per heavy atom. The molecule has 0 spiro atoms. The highest BCUT2D eigenvalue weighted by atomic mass is 16.3. The van der Waals surface area contributed by atoms with Crippen molar-refractivity contribution in [1.29, 1.82) is 0 Å². The number of rotatable bonds is 4. The Hall–Kier alpha value is -3.35. The maximum atomic E-state index is 12.8. The lowest BCUT2D eigenvalue weighted by Gasteiger charge is -2.19. The van der Waals surface area contributed by atoms with Gasteiger partial charge in [-0.25, -0.2) is 9.48 Å². The van der Waals surface area contributed by atoms with E-state index in [-0.39, 0.29) is 12.5 Å². The third-order valence-corrected chi connectivity index (χ3v) is 4.33. The predicted molar refractivity (Wildman–Crippen MR) is 88.7 cm³/mol. The van der Waals surface area contributed by atoms with Crippen LogP contribution in [0.2, 0.25) is 0 Å². The zero-order valence-electron chi connectivity index (χ0n) is 13.5. The average molecular weight is 336 g/mol. The lowest BCUT2D eigenvalue weighted by Crippen LogP contribution is -2.40. The number of carbonyl (C=O) groups excluding carboxylic acids is 2. The fourth-order valence-corrected chi connectivity index (χ4v) is 2.93. The number of hydrogen-bond donors (Lipinski definition) is 1. The minimum absolute atomic E-state index is 0.195. The van der Waals surface area contributed by atoms with Gasteiger partial charge in [0, 0.05) is 12.4 Å². The Kier molecular flexibility index (Phi) is 3.42. The minimum Gasteiger partial charge on any atom is -0.466 e. The van der Waals surface area contributed by atoms with Crippen molar-refractivity contribution >= 4 is 11.9 Å². The Bertz CT molecular complexity index is 900. The predicted octanol–water partition coefficient (Wildman–Crippen LogP) is 2.43. The summed E-state index contributed by atoms with van der Waals surface area (Å²) in [5.41, 5.74) is 0.588. The number of imide groups is 1. The highest BCUT2D eigenvalue weighted by Crippen LogP contribution is 2.30. The number of hydrogen-bond acceptors (Lipinski definition) is 4. The third kappa shape index (κ3) is 2.50. The molecular weight excluding hydrogens is 320 g/mol. The smallest absolute Gasteiger partial charge is 0.325 e. The molecule has 1 aliphatic rings. The van der Waals surface area contributed by atoms with E-state index in [4.69, 9.17) is 4.42 Å². The van der Waals surface area contributed by atoms with Crippen LogP contribution in [0.15, 0.2) is 65.5 Å². The second-order valence-electron chi connectivity index (χ2n) is 6.04. The summed E-state index contributed by atoms with van der Waals surface area (Å²) >= 11 is 0. The number of urea groups is 1. The summed E-state index contributed by atoms with van der Waals surface area (Å²) in [6.07, 6.45) is 5.04. The second-order valence-corrected chi connectivity index (χ2v) is 6.04. The Morgan fingerprint density at radius 3 is 2.60 bits per heavy atom. The molecule has 1 atom stereocenters. The van der Waals surface area contributed by atoms with E-state index in [1.165, 1.54) is 11.2 Å². The normalized spacial score (nSPS) is 20.1. The van der Waals surface area contributed by atoms with Crippen LogP contribution in [0.3, 0.4) is 0 Å². The van der Waals surface area contributed by atoms with E-state index in [2.05, 4.69) is 10.4 Å². The van der Waals surface area contributed by atoms with Crippen molar-refractivity contribution in [3.05, 3.63) is 72.4 Å². The molecule has 0 aliphatic carbocycles. The monoisotopic (exact) mass is 336 g/mol. The molecule has 0 radical (unpaired) electrons. The summed E-state index contributed by atoms with van der Waals surface area (Å²) in [6.45, 7) is 1.84. The zero-order valence-corrected chi connectivity index (χ0v) is 13.5. The van der Waals surface area contributed by atoms with Crippen LogP contribution >= 0.6 is 0 Å². The van der Waals surface area contributed by atoms with E-state index in [1.807, 2.05) is 36.5 Å². The first-order valence-corrected chi connectivity index (χ1v) is 7.85. The van der Waals surface area contributed by atoms with Gasteiger partial charge >= 0.3 is 6.03 Å². The first-order chi connectivity index (χ1) is 12.1. The third-order valence-electron chi connectivity index (χ3n) is 4.33. The van der Waals surface area contributed by atoms with Crippen molar-refractivity contribution in [1.82, 2.24) is 20.0 Å². The van der Waals surface area contributed by atoms with E-state index in [0.717, 1.165) is 11.3 Å². The molecule has 3 amide bonds. The highest BCUT2D eigenvalue weighted by molar-refractivity contribution is 6.06. The van der Waals surface area contributed by atoms with Crippen molar-refractivity contribution in [2.75, 3.05) is 0 Å². The summed E-state index contributed by atoms with van der Waals surface area (Å²) < 4.78 is 7.06. The molecule has 7 nitrogen and oxygen atoms in total. The maximum Gasteiger partial charge on any atom is 0.325 e. The van der Waals surface area contributed by atoms with Gasteiger partial charge in [-0.15, -0.1) is 0 Å². The van der Waals surface area contributed by atoms with Crippen LogP contribution in [0.5, 0.6) is 0 Å². The molecule has 7 heteroatoms. The van der Waals surface area contributed by atoms with Crippen molar-refractivity contribution in [3.8, 4) is 5.69 Å². The number of carbonyl (C=O) groups is 2. The Morgan fingerprint density at radius 2 is 1.96 bits per heavy atom. The van der Waals surface area contributed by atoms with Gasteiger partial charge in [0.05, 0.1) is 18.5 Å². The fourth-order valence-electron chi connectivity index (χ4n) is 2.93. The van der Waals surface area contributed by atoms with Crippen molar-refractivity contribution < 1.29 is 14.0 Å². The first-order valence-electron chi connectivity index (χ1n) is 7.85. The van der Waals surface area contributed by atoms with E-state index in [1.54, 1.807) is 29.9 Å². The lowest BCUT2D eigenvalue weighted by molar-refractivity contribution is -0.132. The molecule has 3 heterocycles.